The minimum absolute atomic E-state index is 0.0705. The van der Waals surface area contributed by atoms with Gasteiger partial charge >= 0.3 is 5.97 Å². The highest BCUT2D eigenvalue weighted by Gasteiger charge is 2.25. The Morgan fingerprint density at radius 3 is 2.39 bits per heavy atom. The van der Waals surface area contributed by atoms with E-state index in [0.29, 0.717) is 11.1 Å². The van der Waals surface area contributed by atoms with E-state index in [0.717, 1.165) is 0 Å². The summed E-state index contributed by atoms with van der Waals surface area (Å²) >= 11 is 0. The first-order valence-corrected chi connectivity index (χ1v) is 5.72. The van der Waals surface area contributed by atoms with E-state index in [1.807, 2.05) is 0 Å². The number of carboxylic acid groups (broad SMARTS) is 1. The van der Waals surface area contributed by atoms with Gasteiger partial charge in [0.15, 0.2) is 5.78 Å². The van der Waals surface area contributed by atoms with Crippen LogP contribution in [-0.2, 0) is 4.79 Å². The van der Waals surface area contributed by atoms with Crippen molar-refractivity contribution in [1.82, 2.24) is 0 Å². The second kappa shape index (κ2) is 5.29. The lowest BCUT2D eigenvalue weighted by Crippen LogP contribution is -2.21. The maximum absolute atomic E-state index is 13.1. The average Bonchev–Trinajstić information content (AvgIpc) is 2.19. The van der Waals surface area contributed by atoms with Crippen molar-refractivity contribution in [3.05, 3.63) is 35.1 Å². The fourth-order valence-corrected chi connectivity index (χ4v) is 1.83. The summed E-state index contributed by atoms with van der Waals surface area (Å²) in [6.45, 7) is 5.05. The highest BCUT2D eigenvalue weighted by molar-refractivity contribution is 5.96. The average molecular weight is 252 g/mol. The number of aliphatic carboxylic acids is 1. The predicted molar refractivity (Wildman–Crippen MR) is 66.1 cm³/mol. The number of rotatable bonds is 5. The molecule has 0 amide bonds. The Labute approximate surface area is 106 Å². The molecule has 0 aliphatic rings. The van der Waals surface area contributed by atoms with Gasteiger partial charge in [-0.25, -0.2) is 4.39 Å². The van der Waals surface area contributed by atoms with Crippen molar-refractivity contribution in [3.8, 4) is 0 Å². The van der Waals surface area contributed by atoms with Crippen LogP contribution in [0.25, 0.3) is 0 Å². The summed E-state index contributed by atoms with van der Waals surface area (Å²) in [6.07, 6.45) is 0.0588. The molecule has 0 aliphatic heterocycles. The van der Waals surface area contributed by atoms with Gasteiger partial charge in [-0.2, -0.15) is 0 Å². The molecule has 0 bridgehead atoms. The van der Waals surface area contributed by atoms with E-state index in [4.69, 9.17) is 5.11 Å². The fraction of sp³-hybridized carbons (Fsp3) is 0.429. The van der Waals surface area contributed by atoms with E-state index in [1.165, 1.54) is 18.2 Å². The molecule has 3 nitrogen and oxygen atoms in total. The summed E-state index contributed by atoms with van der Waals surface area (Å²) in [5.41, 5.74) is 0.231. The molecule has 1 rings (SSSR count). The van der Waals surface area contributed by atoms with Crippen LogP contribution in [0.5, 0.6) is 0 Å². The summed E-state index contributed by atoms with van der Waals surface area (Å²) < 4.78 is 13.1. The summed E-state index contributed by atoms with van der Waals surface area (Å²) in [6, 6.07) is 4.18. The van der Waals surface area contributed by atoms with E-state index in [2.05, 4.69) is 0 Å². The summed E-state index contributed by atoms with van der Waals surface area (Å²) in [5, 5.41) is 8.75. The standard InChI is InChI=1S/C14H17FO3/c1-9-6-10(4-5-11(9)15)12(16)7-14(2,3)8-13(17)18/h4-6H,7-8H2,1-3H3,(H,17,18). The molecular formula is C14H17FO3. The molecule has 0 saturated heterocycles. The Balaban J connectivity index is 2.82. The van der Waals surface area contributed by atoms with Gasteiger partial charge < -0.3 is 5.11 Å². The number of hydrogen-bond acceptors (Lipinski definition) is 2. The first-order chi connectivity index (χ1) is 8.21. The van der Waals surface area contributed by atoms with Crippen molar-refractivity contribution in [3.63, 3.8) is 0 Å². The summed E-state index contributed by atoms with van der Waals surface area (Å²) in [5.74, 6) is -1.44. The van der Waals surface area contributed by atoms with E-state index in [1.54, 1.807) is 20.8 Å². The number of ketones is 1. The van der Waals surface area contributed by atoms with Gasteiger partial charge in [-0.3, -0.25) is 9.59 Å². The number of halogens is 1. The highest BCUT2D eigenvalue weighted by atomic mass is 19.1. The summed E-state index contributed by atoms with van der Waals surface area (Å²) in [4.78, 5) is 22.7. The van der Waals surface area contributed by atoms with E-state index >= 15 is 0 Å². The van der Waals surface area contributed by atoms with Gasteiger partial charge in [0.25, 0.3) is 0 Å². The Hall–Kier alpha value is -1.71. The van der Waals surface area contributed by atoms with Gasteiger partial charge in [-0.1, -0.05) is 13.8 Å². The molecule has 1 aromatic rings. The molecule has 98 valence electrons. The van der Waals surface area contributed by atoms with Gasteiger partial charge in [0.1, 0.15) is 5.82 Å². The zero-order chi connectivity index (χ0) is 13.9. The Kier molecular flexibility index (Phi) is 4.22. The highest BCUT2D eigenvalue weighted by Crippen LogP contribution is 2.27. The third kappa shape index (κ3) is 3.95. The number of hydrogen-bond donors (Lipinski definition) is 1. The van der Waals surface area contributed by atoms with Crippen molar-refractivity contribution in [2.24, 2.45) is 5.41 Å². The van der Waals surface area contributed by atoms with E-state index < -0.39 is 11.4 Å². The molecule has 0 atom stereocenters. The maximum atomic E-state index is 13.1. The van der Waals surface area contributed by atoms with Gasteiger partial charge in [0, 0.05) is 12.0 Å². The summed E-state index contributed by atoms with van der Waals surface area (Å²) in [7, 11) is 0. The molecule has 0 aromatic heterocycles. The molecule has 18 heavy (non-hydrogen) atoms. The number of benzene rings is 1. The molecule has 0 fully saturated rings. The van der Waals surface area contributed by atoms with Gasteiger partial charge in [0.2, 0.25) is 0 Å². The Morgan fingerprint density at radius 2 is 1.89 bits per heavy atom. The minimum Gasteiger partial charge on any atom is -0.481 e. The number of Topliss-reactive ketones (excluding diaryl/α,β-unsaturated/α-hetero) is 1. The Morgan fingerprint density at radius 1 is 1.28 bits per heavy atom. The topological polar surface area (TPSA) is 54.4 Å². The van der Waals surface area contributed by atoms with E-state index in [-0.39, 0.29) is 24.4 Å². The zero-order valence-corrected chi connectivity index (χ0v) is 10.8. The van der Waals surface area contributed by atoms with Crippen molar-refractivity contribution >= 4 is 11.8 Å². The minimum atomic E-state index is -0.928. The van der Waals surface area contributed by atoms with Crippen LogP contribution in [0.4, 0.5) is 4.39 Å². The van der Waals surface area contributed by atoms with Gasteiger partial charge in [-0.15, -0.1) is 0 Å². The van der Waals surface area contributed by atoms with Crippen LogP contribution in [0.1, 0.15) is 42.6 Å². The molecule has 0 aliphatic carbocycles. The second-order valence-corrected chi connectivity index (χ2v) is 5.30. The van der Waals surface area contributed by atoms with Crippen molar-refractivity contribution in [1.29, 1.82) is 0 Å². The first kappa shape index (κ1) is 14.4. The molecule has 0 unspecified atom stereocenters. The number of carbonyl (C=O) groups is 2. The van der Waals surface area contributed by atoms with Crippen molar-refractivity contribution in [2.45, 2.75) is 33.6 Å². The molecule has 0 saturated carbocycles. The molecule has 4 heteroatoms. The van der Waals surface area contributed by atoms with Crippen LogP contribution in [0.2, 0.25) is 0 Å². The van der Waals surface area contributed by atoms with Crippen molar-refractivity contribution < 1.29 is 19.1 Å². The fourth-order valence-electron chi connectivity index (χ4n) is 1.83. The quantitative estimate of drug-likeness (QED) is 0.819. The monoisotopic (exact) mass is 252 g/mol. The van der Waals surface area contributed by atoms with Crippen LogP contribution in [-0.4, -0.2) is 16.9 Å². The van der Waals surface area contributed by atoms with Crippen molar-refractivity contribution in [2.75, 3.05) is 0 Å². The lowest BCUT2D eigenvalue weighted by atomic mass is 9.82. The maximum Gasteiger partial charge on any atom is 0.303 e. The molecule has 1 aromatic carbocycles. The molecule has 0 spiro atoms. The second-order valence-electron chi connectivity index (χ2n) is 5.30. The third-order valence-electron chi connectivity index (χ3n) is 2.75. The van der Waals surface area contributed by atoms with Crippen LogP contribution < -0.4 is 0 Å². The molecule has 0 radical (unpaired) electrons. The molecule has 1 N–H and O–H groups in total. The SMILES string of the molecule is Cc1cc(C(=O)CC(C)(C)CC(=O)O)ccc1F. The Bertz CT molecular complexity index is 478. The van der Waals surface area contributed by atoms with Crippen LogP contribution >= 0.6 is 0 Å². The largest absolute Gasteiger partial charge is 0.481 e. The molecular weight excluding hydrogens is 235 g/mol. The number of carbonyl (C=O) groups excluding carboxylic acids is 1. The molecule has 0 heterocycles. The first-order valence-electron chi connectivity index (χ1n) is 5.72. The van der Waals surface area contributed by atoms with E-state index in [9.17, 15) is 14.0 Å². The smallest absolute Gasteiger partial charge is 0.303 e. The zero-order valence-electron chi connectivity index (χ0n) is 10.8. The van der Waals surface area contributed by atoms with Crippen LogP contribution in [0, 0.1) is 18.2 Å². The number of carboxylic acids is 1. The van der Waals surface area contributed by atoms with Crippen LogP contribution in [0.3, 0.4) is 0 Å². The van der Waals surface area contributed by atoms with Crippen LogP contribution in [0.15, 0.2) is 18.2 Å². The van der Waals surface area contributed by atoms with Gasteiger partial charge in [-0.05, 0) is 36.1 Å². The van der Waals surface area contributed by atoms with Gasteiger partial charge in [0.05, 0.1) is 6.42 Å². The lowest BCUT2D eigenvalue weighted by molar-refractivity contribution is -0.139. The third-order valence-corrected chi connectivity index (χ3v) is 2.75. The predicted octanol–water partition coefficient (Wildman–Crippen LogP) is 3.21. The number of aryl methyl sites for hydroxylation is 1. The lowest BCUT2D eigenvalue weighted by Gasteiger charge is -2.21. The normalized spacial score (nSPS) is 11.3.